The zero-order chi connectivity index (χ0) is 11.1. The summed E-state index contributed by atoms with van der Waals surface area (Å²) in [4.78, 5) is 8.22. The third-order valence-electron chi connectivity index (χ3n) is 1.72. The fourth-order valence-electron chi connectivity index (χ4n) is 0.907. The highest BCUT2D eigenvalue weighted by atomic mass is 19.1. The minimum atomic E-state index is -0.651. The summed E-state index contributed by atoms with van der Waals surface area (Å²) in [5.41, 5.74) is 0.914. The molecular weight excluding hydrogens is 195 g/mol. The van der Waals surface area contributed by atoms with Crippen molar-refractivity contribution in [2.24, 2.45) is 0 Å². The van der Waals surface area contributed by atoms with Gasteiger partial charge in [0.1, 0.15) is 6.67 Å². The summed E-state index contributed by atoms with van der Waals surface area (Å²) in [5.74, 6) is 5.52. The molecule has 80 valence electrons. The first-order valence-corrected chi connectivity index (χ1v) is 4.70. The predicted octanol–water partition coefficient (Wildman–Crippen LogP) is 1.95. The van der Waals surface area contributed by atoms with Crippen LogP contribution in [0.3, 0.4) is 0 Å². The Morgan fingerprint density at radius 3 is 2.67 bits per heavy atom. The summed E-state index contributed by atoms with van der Waals surface area (Å²) in [6.45, 7) is 3.56. The molecule has 0 aliphatic carbocycles. The van der Waals surface area contributed by atoms with Gasteiger partial charge in [-0.2, -0.15) is 0 Å². The van der Waals surface area contributed by atoms with Crippen molar-refractivity contribution in [2.75, 3.05) is 13.3 Å². The van der Waals surface area contributed by atoms with Gasteiger partial charge in [0.05, 0.1) is 18.1 Å². The highest BCUT2D eigenvalue weighted by Gasteiger charge is 2.01. The van der Waals surface area contributed by atoms with Crippen molar-refractivity contribution in [2.45, 2.75) is 19.8 Å². The van der Waals surface area contributed by atoms with Gasteiger partial charge in [0.25, 0.3) is 0 Å². The van der Waals surface area contributed by atoms with Gasteiger partial charge in [-0.3, -0.25) is 4.98 Å². The molecule has 0 unspecified atom stereocenters. The zero-order valence-corrected chi connectivity index (χ0v) is 8.83. The van der Waals surface area contributed by atoms with Crippen LogP contribution >= 0.6 is 0 Å². The Hall–Kier alpha value is -1.63. The first-order chi connectivity index (χ1) is 7.24. The summed E-state index contributed by atoms with van der Waals surface area (Å²) < 4.78 is 16.7. The molecule has 4 heteroatoms. The molecule has 0 aliphatic rings. The van der Waals surface area contributed by atoms with E-state index in [2.05, 4.69) is 21.8 Å². The Morgan fingerprint density at radius 1 is 1.33 bits per heavy atom. The van der Waals surface area contributed by atoms with E-state index in [1.807, 2.05) is 13.8 Å². The Labute approximate surface area is 88.7 Å². The van der Waals surface area contributed by atoms with E-state index in [1.165, 1.54) is 0 Å². The van der Waals surface area contributed by atoms with E-state index >= 15 is 0 Å². The van der Waals surface area contributed by atoms with Gasteiger partial charge in [-0.05, 0) is 5.92 Å². The van der Waals surface area contributed by atoms with E-state index in [4.69, 9.17) is 4.74 Å². The SMILES string of the molecule is CC(C)c1cnc(OCC#CCF)cn1. The lowest BCUT2D eigenvalue weighted by atomic mass is 10.1. The van der Waals surface area contributed by atoms with Gasteiger partial charge in [0, 0.05) is 0 Å². The maximum atomic E-state index is 11.6. The maximum Gasteiger partial charge on any atom is 0.233 e. The van der Waals surface area contributed by atoms with E-state index in [-0.39, 0.29) is 6.61 Å². The minimum absolute atomic E-state index is 0.139. The molecular formula is C11H13FN2O. The molecule has 3 nitrogen and oxygen atoms in total. The van der Waals surface area contributed by atoms with E-state index < -0.39 is 6.67 Å². The molecule has 0 aliphatic heterocycles. The van der Waals surface area contributed by atoms with Crippen molar-refractivity contribution in [1.29, 1.82) is 0 Å². The first-order valence-electron chi connectivity index (χ1n) is 4.70. The number of hydrogen-bond acceptors (Lipinski definition) is 3. The molecule has 0 amide bonds. The highest BCUT2D eigenvalue weighted by Crippen LogP contribution is 2.11. The van der Waals surface area contributed by atoms with Gasteiger partial charge in [0.15, 0.2) is 6.61 Å². The van der Waals surface area contributed by atoms with Crippen LogP contribution in [0.25, 0.3) is 0 Å². The van der Waals surface area contributed by atoms with Crippen molar-refractivity contribution in [3.63, 3.8) is 0 Å². The van der Waals surface area contributed by atoms with Gasteiger partial charge in [-0.25, -0.2) is 9.37 Å². The maximum absolute atomic E-state index is 11.6. The number of rotatable bonds is 3. The fourth-order valence-corrected chi connectivity index (χ4v) is 0.907. The molecule has 0 atom stereocenters. The van der Waals surface area contributed by atoms with Crippen LogP contribution in [0, 0.1) is 11.8 Å². The molecule has 0 saturated carbocycles. The second kappa shape index (κ2) is 5.97. The molecule has 0 fully saturated rings. The Bertz CT molecular complexity index is 351. The molecule has 0 spiro atoms. The van der Waals surface area contributed by atoms with E-state index in [0.717, 1.165) is 5.69 Å². The summed E-state index contributed by atoms with van der Waals surface area (Å²) in [6, 6.07) is 0. The third-order valence-corrected chi connectivity index (χ3v) is 1.72. The van der Waals surface area contributed by atoms with Gasteiger partial charge >= 0.3 is 0 Å². The van der Waals surface area contributed by atoms with Crippen LogP contribution in [0.1, 0.15) is 25.5 Å². The first kappa shape index (κ1) is 11.4. The van der Waals surface area contributed by atoms with Gasteiger partial charge < -0.3 is 4.74 Å². The van der Waals surface area contributed by atoms with Crippen molar-refractivity contribution >= 4 is 0 Å². The molecule has 0 aromatic carbocycles. The molecule has 0 radical (unpaired) electrons. The zero-order valence-electron chi connectivity index (χ0n) is 8.83. The Balaban J connectivity index is 2.50. The van der Waals surface area contributed by atoms with Crippen molar-refractivity contribution in [1.82, 2.24) is 9.97 Å². The number of halogens is 1. The Kier molecular flexibility index (Phi) is 4.55. The number of ether oxygens (including phenoxy) is 1. The lowest BCUT2D eigenvalue weighted by Gasteiger charge is -2.04. The molecule has 1 aromatic rings. The van der Waals surface area contributed by atoms with Gasteiger partial charge in [-0.15, -0.1) is 0 Å². The van der Waals surface area contributed by atoms with Crippen LogP contribution in [0.15, 0.2) is 12.4 Å². The fraction of sp³-hybridized carbons (Fsp3) is 0.455. The summed E-state index contributed by atoms with van der Waals surface area (Å²) in [5, 5.41) is 0. The van der Waals surface area contributed by atoms with Crippen LogP contribution in [0.2, 0.25) is 0 Å². The van der Waals surface area contributed by atoms with Crippen LogP contribution in [0.5, 0.6) is 5.88 Å². The quantitative estimate of drug-likeness (QED) is 0.712. The van der Waals surface area contributed by atoms with E-state index in [0.29, 0.717) is 11.8 Å². The third kappa shape index (κ3) is 3.94. The van der Waals surface area contributed by atoms with Gasteiger partial charge in [0.2, 0.25) is 5.88 Å². The van der Waals surface area contributed by atoms with Crippen molar-refractivity contribution in [3.05, 3.63) is 18.1 Å². The summed E-state index contributed by atoms with van der Waals surface area (Å²) >= 11 is 0. The van der Waals surface area contributed by atoms with Crippen LogP contribution < -0.4 is 4.74 Å². The largest absolute Gasteiger partial charge is 0.463 e. The van der Waals surface area contributed by atoms with Crippen molar-refractivity contribution in [3.8, 4) is 17.7 Å². The molecule has 0 saturated heterocycles. The number of aromatic nitrogens is 2. The average molecular weight is 208 g/mol. The van der Waals surface area contributed by atoms with Crippen LogP contribution in [0.4, 0.5) is 4.39 Å². The summed E-state index contributed by atoms with van der Waals surface area (Å²) in [6.07, 6.45) is 3.22. The predicted molar refractivity (Wildman–Crippen MR) is 55.4 cm³/mol. The normalized spacial score (nSPS) is 9.60. The summed E-state index contributed by atoms with van der Waals surface area (Å²) in [7, 11) is 0. The van der Waals surface area contributed by atoms with E-state index in [1.54, 1.807) is 12.4 Å². The number of nitrogens with zero attached hydrogens (tertiary/aromatic N) is 2. The minimum Gasteiger partial charge on any atom is -0.463 e. The molecule has 1 aromatic heterocycles. The number of alkyl halides is 1. The molecule has 0 N–H and O–H groups in total. The van der Waals surface area contributed by atoms with Crippen LogP contribution in [-0.4, -0.2) is 23.2 Å². The highest BCUT2D eigenvalue weighted by molar-refractivity contribution is 5.11. The smallest absolute Gasteiger partial charge is 0.233 e. The lowest BCUT2D eigenvalue weighted by molar-refractivity contribution is 0.352. The second-order valence-electron chi connectivity index (χ2n) is 3.21. The van der Waals surface area contributed by atoms with Crippen molar-refractivity contribution < 1.29 is 9.13 Å². The van der Waals surface area contributed by atoms with E-state index in [9.17, 15) is 4.39 Å². The monoisotopic (exact) mass is 208 g/mol. The average Bonchev–Trinajstić information content (AvgIpc) is 2.25. The lowest BCUT2D eigenvalue weighted by Crippen LogP contribution is -1.99. The Morgan fingerprint density at radius 2 is 2.13 bits per heavy atom. The second-order valence-corrected chi connectivity index (χ2v) is 3.21. The molecule has 0 bridgehead atoms. The van der Waals surface area contributed by atoms with Crippen LogP contribution in [-0.2, 0) is 0 Å². The van der Waals surface area contributed by atoms with Gasteiger partial charge in [-0.1, -0.05) is 25.7 Å². The standard InChI is InChI=1S/C11H13FN2O/c1-9(2)10-7-14-11(8-13-10)15-6-4-3-5-12/h7-9H,5-6H2,1-2H3. The number of hydrogen-bond donors (Lipinski definition) is 0. The topological polar surface area (TPSA) is 35.0 Å². The molecule has 1 rings (SSSR count). The molecule has 1 heterocycles. The molecule has 15 heavy (non-hydrogen) atoms.